The van der Waals surface area contributed by atoms with Gasteiger partial charge in [0.25, 0.3) is 0 Å². The van der Waals surface area contributed by atoms with E-state index in [-0.39, 0.29) is 0 Å². The molecule has 0 bridgehead atoms. The second kappa shape index (κ2) is 6.91. The Balaban J connectivity index is 1.77. The summed E-state index contributed by atoms with van der Waals surface area (Å²) in [5.74, 6) is 1.88. The van der Waals surface area contributed by atoms with E-state index in [1.165, 1.54) is 17.3 Å². The molecule has 0 spiro atoms. The van der Waals surface area contributed by atoms with Crippen LogP contribution in [0.2, 0.25) is 0 Å². The molecule has 3 rings (SSSR count). The van der Waals surface area contributed by atoms with Crippen LogP contribution in [0.3, 0.4) is 0 Å². The normalized spacial score (nSPS) is 11.1. The molecule has 0 unspecified atom stereocenters. The summed E-state index contributed by atoms with van der Waals surface area (Å²) in [6.07, 6.45) is 1.82. The lowest BCUT2D eigenvalue weighted by atomic mass is 10.1. The van der Waals surface area contributed by atoms with Gasteiger partial charge < -0.3 is 4.52 Å². The van der Waals surface area contributed by atoms with Crippen molar-refractivity contribution < 1.29 is 4.52 Å². The first-order valence-electron chi connectivity index (χ1n) is 7.48. The molecule has 3 aromatic rings. The van der Waals surface area contributed by atoms with Crippen molar-refractivity contribution in [2.45, 2.75) is 44.5 Å². The Bertz CT molecular complexity index is 797. The summed E-state index contributed by atoms with van der Waals surface area (Å²) in [7, 11) is 0. The van der Waals surface area contributed by atoms with Gasteiger partial charge in [-0.2, -0.15) is 9.67 Å². The number of rotatable bonds is 6. The lowest BCUT2D eigenvalue weighted by Crippen LogP contribution is -2.02. The van der Waals surface area contributed by atoms with E-state index in [1.807, 2.05) is 12.1 Å². The molecule has 0 aliphatic heterocycles. The van der Waals surface area contributed by atoms with E-state index in [4.69, 9.17) is 4.52 Å². The van der Waals surface area contributed by atoms with E-state index < -0.39 is 0 Å². The van der Waals surface area contributed by atoms with Gasteiger partial charge >= 0.3 is 0 Å². The van der Waals surface area contributed by atoms with Crippen LogP contribution in [0.4, 0.5) is 0 Å². The topological polar surface area (TPSA) is 82.5 Å². The molecule has 0 saturated heterocycles. The maximum Gasteiger partial charge on any atom is 0.237 e. The zero-order valence-electron chi connectivity index (χ0n) is 13.4. The lowest BCUT2D eigenvalue weighted by Gasteiger charge is -2.08. The van der Waals surface area contributed by atoms with E-state index >= 15 is 0 Å². The highest BCUT2D eigenvalue weighted by atomic mass is 32.2. The smallest absolute Gasteiger partial charge is 0.237 e. The van der Waals surface area contributed by atoms with Gasteiger partial charge in [0.05, 0.1) is 11.4 Å². The average Bonchev–Trinajstić information content (AvgIpc) is 3.17. The van der Waals surface area contributed by atoms with Gasteiger partial charge in [0.1, 0.15) is 0 Å². The molecular weight excluding hydrogens is 312 g/mol. The number of tetrazole rings is 1. The van der Waals surface area contributed by atoms with Gasteiger partial charge in [0.2, 0.25) is 11.0 Å². The molecule has 120 valence electrons. The van der Waals surface area contributed by atoms with Crippen LogP contribution in [-0.2, 0) is 12.2 Å². The number of nitrogens with zero attached hydrogens (tertiary/aromatic N) is 6. The minimum absolute atomic E-state index is 0.544. The molecule has 2 aromatic heterocycles. The summed E-state index contributed by atoms with van der Waals surface area (Å²) in [6, 6.07) is 6.08. The SMILES string of the molecule is CCCc1noc(CSc2nnnn2-c2cccc(C)c2C)n1. The second-order valence-electron chi connectivity index (χ2n) is 5.24. The van der Waals surface area contributed by atoms with Crippen molar-refractivity contribution >= 4 is 11.8 Å². The monoisotopic (exact) mass is 330 g/mol. The summed E-state index contributed by atoms with van der Waals surface area (Å²) >= 11 is 1.48. The molecule has 1 aromatic carbocycles. The van der Waals surface area contributed by atoms with Crippen LogP contribution in [-0.4, -0.2) is 30.3 Å². The van der Waals surface area contributed by atoms with Crippen LogP contribution < -0.4 is 0 Å². The van der Waals surface area contributed by atoms with E-state index in [0.29, 0.717) is 16.8 Å². The van der Waals surface area contributed by atoms with Crippen LogP contribution >= 0.6 is 11.8 Å². The van der Waals surface area contributed by atoms with Crippen molar-refractivity contribution in [3.8, 4) is 5.69 Å². The summed E-state index contributed by atoms with van der Waals surface area (Å²) < 4.78 is 6.99. The Morgan fingerprint density at radius 2 is 2.13 bits per heavy atom. The van der Waals surface area contributed by atoms with Crippen molar-refractivity contribution in [3.63, 3.8) is 0 Å². The zero-order valence-corrected chi connectivity index (χ0v) is 14.2. The van der Waals surface area contributed by atoms with Gasteiger partial charge in [-0.3, -0.25) is 0 Å². The predicted octanol–water partition coefficient (Wildman–Crippen LogP) is 2.91. The van der Waals surface area contributed by atoms with E-state index in [0.717, 1.165) is 29.9 Å². The Labute approximate surface area is 138 Å². The van der Waals surface area contributed by atoms with Crippen LogP contribution in [0.1, 0.15) is 36.2 Å². The maximum atomic E-state index is 5.24. The highest BCUT2D eigenvalue weighted by Crippen LogP contribution is 2.24. The molecule has 0 radical (unpaired) electrons. The molecule has 0 amide bonds. The average molecular weight is 330 g/mol. The van der Waals surface area contributed by atoms with Crippen molar-refractivity contribution in [2.75, 3.05) is 0 Å². The third-order valence-corrected chi connectivity index (χ3v) is 4.46. The van der Waals surface area contributed by atoms with Crippen molar-refractivity contribution in [2.24, 2.45) is 0 Å². The molecule has 23 heavy (non-hydrogen) atoms. The zero-order chi connectivity index (χ0) is 16.2. The van der Waals surface area contributed by atoms with Crippen molar-refractivity contribution in [3.05, 3.63) is 41.0 Å². The highest BCUT2D eigenvalue weighted by Gasteiger charge is 2.14. The summed E-state index contributed by atoms with van der Waals surface area (Å²) in [5.41, 5.74) is 3.34. The third kappa shape index (κ3) is 3.42. The largest absolute Gasteiger partial charge is 0.338 e. The van der Waals surface area contributed by atoms with Gasteiger partial charge in [0.15, 0.2) is 5.82 Å². The fourth-order valence-electron chi connectivity index (χ4n) is 2.19. The Morgan fingerprint density at radius 1 is 1.26 bits per heavy atom. The molecule has 8 heteroatoms. The van der Waals surface area contributed by atoms with E-state index in [9.17, 15) is 0 Å². The second-order valence-corrected chi connectivity index (χ2v) is 6.18. The number of hydrogen-bond acceptors (Lipinski definition) is 7. The Kier molecular flexibility index (Phi) is 4.71. The number of benzene rings is 1. The first-order chi connectivity index (χ1) is 11.2. The van der Waals surface area contributed by atoms with Gasteiger partial charge in [-0.05, 0) is 47.9 Å². The molecule has 2 heterocycles. The number of aryl methyl sites for hydroxylation is 2. The lowest BCUT2D eigenvalue weighted by molar-refractivity contribution is 0.384. The number of hydrogen-bond donors (Lipinski definition) is 0. The number of aromatic nitrogens is 6. The van der Waals surface area contributed by atoms with Crippen LogP contribution in [0.5, 0.6) is 0 Å². The van der Waals surface area contributed by atoms with Gasteiger partial charge in [-0.15, -0.1) is 5.10 Å². The van der Waals surface area contributed by atoms with E-state index in [2.05, 4.69) is 52.5 Å². The summed E-state index contributed by atoms with van der Waals surface area (Å²) in [4.78, 5) is 4.36. The maximum absolute atomic E-state index is 5.24. The third-order valence-electron chi connectivity index (χ3n) is 3.55. The van der Waals surface area contributed by atoms with Crippen LogP contribution in [0.25, 0.3) is 5.69 Å². The van der Waals surface area contributed by atoms with Crippen molar-refractivity contribution in [1.29, 1.82) is 0 Å². The van der Waals surface area contributed by atoms with Gasteiger partial charge in [-0.25, -0.2) is 0 Å². The Hall–Kier alpha value is -2.22. The van der Waals surface area contributed by atoms with Crippen LogP contribution in [0.15, 0.2) is 27.9 Å². The van der Waals surface area contributed by atoms with E-state index in [1.54, 1.807) is 4.68 Å². The predicted molar refractivity (Wildman–Crippen MR) is 86.5 cm³/mol. The van der Waals surface area contributed by atoms with Crippen LogP contribution in [0, 0.1) is 13.8 Å². The van der Waals surface area contributed by atoms with Gasteiger partial charge in [0, 0.05) is 6.42 Å². The molecule has 0 aliphatic rings. The summed E-state index contributed by atoms with van der Waals surface area (Å²) in [5, 5.41) is 16.6. The summed E-state index contributed by atoms with van der Waals surface area (Å²) in [6.45, 7) is 6.22. The molecule has 0 N–H and O–H groups in total. The van der Waals surface area contributed by atoms with Gasteiger partial charge in [-0.1, -0.05) is 36.0 Å². The number of thioether (sulfide) groups is 1. The Morgan fingerprint density at radius 3 is 2.96 bits per heavy atom. The molecule has 0 atom stereocenters. The minimum atomic E-state index is 0.544. The standard InChI is InChI=1S/C15H18N6OS/c1-4-6-13-16-14(22-18-13)9-23-15-17-19-20-21(15)12-8-5-7-10(2)11(12)3/h5,7-8H,4,6,9H2,1-3H3. The fourth-order valence-corrected chi connectivity index (χ4v) is 2.91. The molecule has 7 nitrogen and oxygen atoms in total. The molecule has 0 saturated carbocycles. The first-order valence-corrected chi connectivity index (χ1v) is 8.46. The quantitative estimate of drug-likeness (QED) is 0.643. The molecule has 0 fully saturated rings. The highest BCUT2D eigenvalue weighted by molar-refractivity contribution is 7.98. The molecular formula is C15H18N6OS. The fraction of sp³-hybridized carbons (Fsp3) is 0.400. The minimum Gasteiger partial charge on any atom is -0.338 e. The molecule has 0 aliphatic carbocycles. The van der Waals surface area contributed by atoms with Crippen molar-refractivity contribution in [1.82, 2.24) is 30.3 Å². The first kappa shape index (κ1) is 15.7.